The van der Waals surface area contributed by atoms with Gasteiger partial charge in [0.1, 0.15) is 12.4 Å². The third kappa shape index (κ3) is 4.49. The zero-order chi connectivity index (χ0) is 16.9. The fraction of sp³-hybridized carbons (Fsp3) is 0.316. The molecule has 2 aromatic carbocycles. The van der Waals surface area contributed by atoms with E-state index in [4.69, 9.17) is 22.1 Å². The van der Waals surface area contributed by atoms with E-state index in [1.807, 2.05) is 53.4 Å². The summed E-state index contributed by atoms with van der Waals surface area (Å²) in [6, 6.07) is 15.4. The number of amides is 1. The van der Waals surface area contributed by atoms with Crippen LogP contribution in [0.15, 0.2) is 48.5 Å². The van der Waals surface area contributed by atoms with Gasteiger partial charge in [-0.2, -0.15) is 0 Å². The van der Waals surface area contributed by atoms with E-state index < -0.39 is 0 Å². The van der Waals surface area contributed by atoms with Crippen LogP contribution in [0.2, 0.25) is 5.02 Å². The van der Waals surface area contributed by atoms with E-state index in [-0.39, 0.29) is 11.9 Å². The van der Waals surface area contributed by atoms with E-state index >= 15 is 0 Å². The molecule has 1 amide bonds. The van der Waals surface area contributed by atoms with Gasteiger partial charge in [0.25, 0.3) is 0 Å². The smallest absolute Gasteiger partial charge is 0.227 e. The predicted octanol–water partition coefficient (Wildman–Crippen LogP) is 3.02. The minimum Gasteiger partial charge on any atom is -0.489 e. The lowest BCUT2D eigenvalue weighted by molar-refractivity contribution is -0.129. The maximum absolute atomic E-state index is 12.3. The minimum atomic E-state index is 0.112. The number of benzene rings is 2. The normalized spacial score (nSPS) is 17.1. The third-order valence-electron chi connectivity index (χ3n) is 4.13. The van der Waals surface area contributed by atoms with Crippen molar-refractivity contribution in [2.24, 2.45) is 5.73 Å². The lowest BCUT2D eigenvalue weighted by Crippen LogP contribution is -2.32. The summed E-state index contributed by atoms with van der Waals surface area (Å²) in [5, 5.41) is 0.694. The fourth-order valence-electron chi connectivity index (χ4n) is 2.84. The molecule has 2 aromatic rings. The van der Waals surface area contributed by atoms with Gasteiger partial charge in [-0.05, 0) is 41.8 Å². The van der Waals surface area contributed by atoms with Crippen molar-refractivity contribution in [3.05, 3.63) is 64.7 Å². The Morgan fingerprint density at radius 3 is 2.75 bits per heavy atom. The van der Waals surface area contributed by atoms with Gasteiger partial charge in [0.05, 0.1) is 6.42 Å². The molecule has 2 N–H and O–H groups in total. The molecule has 0 saturated carbocycles. The molecule has 0 spiro atoms. The monoisotopic (exact) mass is 344 g/mol. The van der Waals surface area contributed by atoms with Crippen LogP contribution in [0.1, 0.15) is 17.5 Å². The average Bonchev–Trinajstić information content (AvgIpc) is 3.00. The Hall–Kier alpha value is -2.04. The van der Waals surface area contributed by atoms with Gasteiger partial charge in [-0.15, -0.1) is 0 Å². The van der Waals surface area contributed by atoms with Crippen molar-refractivity contribution in [2.45, 2.75) is 25.5 Å². The molecule has 1 aliphatic rings. The topological polar surface area (TPSA) is 55.6 Å². The van der Waals surface area contributed by atoms with E-state index in [0.29, 0.717) is 24.6 Å². The number of hydrogen-bond donors (Lipinski definition) is 1. The Labute approximate surface area is 147 Å². The van der Waals surface area contributed by atoms with Crippen molar-refractivity contribution in [3.63, 3.8) is 0 Å². The SMILES string of the molecule is N[C@@H]1CCN(C(=O)Cc2cccc(OCc3cccc(Cl)c3)c2)C1. The maximum atomic E-state index is 12.3. The zero-order valence-electron chi connectivity index (χ0n) is 13.5. The molecular formula is C19H21ClN2O2. The van der Waals surface area contributed by atoms with Crippen molar-refractivity contribution >= 4 is 17.5 Å². The van der Waals surface area contributed by atoms with E-state index in [2.05, 4.69) is 0 Å². The van der Waals surface area contributed by atoms with E-state index in [9.17, 15) is 4.79 Å². The van der Waals surface area contributed by atoms with Crippen molar-refractivity contribution in [3.8, 4) is 5.75 Å². The van der Waals surface area contributed by atoms with Gasteiger partial charge in [0.15, 0.2) is 0 Å². The summed E-state index contributed by atoms with van der Waals surface area (Å²) in [6.45, 7) is 1.85. The molecule has 0 bridgehead atoms. The highest BCUT2D eigenvalue weighted by atomic mass is 35.5. The first kappa shape index (κ1) is 16.8. The first-order valence-corrected chi connectivity index (χ1v) is 8.47. The summed E-state index contributed by atoms with van der Waals surface area (Å²) in [6.07, 6.45) is 1.26. The average molecular weight is 345 g/mol. The first-order valence-electron chi connectivity index (χ1n) is 8.10. The highest BCUT2D eigenvalue weighted by Crippen LogP contribution is 2.18. The van der Waals surface area contributed by atoms with Gasteiger partial charge >= 0.3 is 0 Å². The number of likely N-dealkylation sites (tertiary alicyclic amines) is 1. The molecule has 0 aromatic heterocycles. The second kappa shape index (κ2) is 7.69. The number of nitrogens with zero attached hydrogens (tertiary/aromatic N) is 1. The first-order chi connectivity index (χ1) is 11.6. The summed E-state index contributed by atoms with van der Waals surface area (Å²) in [5.74, 6) is 0.869. The number of carbonyl (C=O) groups is 1. The zero-order valence-corrected chi connectivity index (χ0v) is 14.2. The van der Waals surface area contributed by atoms with Gasteiger partial charge in [0, 0.05) is 24.2 Å². The molecule has 0 unspecified atom stereocenters. The van der Waals surface area contributed by atoms with Gasteiger partial charge in [-0.3, -0.25) is 4.79 Å². The Kier molecular flexibility index (Phi) is 5.38. The molecule has 5 heteroatoms. The van der Waals surface area contributed by atoms with Gasteiger partial charge in [-0.25, -0.2) is 0 Å². The molecule has 0 aliphatic carbocycles. The van der Waals surface area contributed by atoms with Crippen LogP contribution in [-0.2, 0) is 17.8 Å². The standard InChI is InChI=1S/C19H21ClN2O2/c20-16-5-1-4-15(9-16)13-24-18-6-2-3-14(10-18)11-19(23)22-8-7-17(21)12-22/h1-6,9-10,17H,7-8,11-13,21H2/t17-/m1/s1. The summed E-state index contributed by atoms with van der Waals surface area (Å²) in [7, 11) is 0. The summed E-state index contributed by atoms with van der Waals surface area (Å²) >= 11 is 5.97. The van der Waals surface area contributed by atoms with Crippen molar-refractivity contribution in [2.75, 3.05) is 13.1 Å². The number of nitrogens with two attached hydrogens (primary N) is 1. The van der Waals surface area contributed by atoms with Crippen LogP contribution in [0.4, 0.5) is 0 Å². The molecule has 1 fully saturated rings. The molecule has 4 nitrogen and oxygen atoms in total. The van der Waals surface area contributed by atoms with Crippen LogP contribution < -0.4 is 10.5 Å². The predicted molar refractivity (Wildman–Crippen MR) is 95.1 cm³/mol. The number of halogens is 1. The molecule has 24 heavy (non-hydrogen) atoms. The van der Waals surface area contributed by atoms with Crippen molar-refractivity contribution in [1.82, 2.24) is 4.90 Å². The summed E-state index contributed by atoms with van der Waals surface area (Å²) in [4.78, 5) is 14.1. The molecule has 1 aliphatic heterocycles. The van der Waals surface area contributed by atoms with Gasteiger partial charge in [-0.1, -0.05) is 35.9 Å². The van der Waals surface area contributed by atoms with Gasteiger partial charge in [0.2, 0.25) is 5.91 Å². The largest absolute Gasteiger partial charge is 0.489 e. The molecular weight excluding hydrogens is 324 g/mol. The van der Waals surface area contributed by atoms with E-state index in [0.717, 1.165) is 29.8 Å². The molecule has 1 atom stereocenters. The molecule has 1 heterocycles. The van der Waals surface area contributed by atoms with Crippen LogP contribution in [0.5, 0.6) is 5.75 Å². The van der Waals surface area contributed by atoms with Crippen LogP contribution in [-0.4, -0.2) is 29.9 Å². The number of ether oxygens (including phenoxy) is 1. The van der Waals surface area contributed by atoms with Gasteiger partial charge < -0.3 is 15.4 Å². The quantitative estimate of drug-likeness (QED) is 0.907. The van der Waals surface area contributed by atoms with Crippen LogP contribution in [0.3, 0.4) is 0 Å². The van der Waals surface area contributed by atoms with Crippen molar-refractivity contribution in [1.29, 1.82) is 0 Å². The number of carbonyl (C=O) groups excluding carboxylic acids is 1. The number of rotatable bonds is 5. The third-order valence-corrected chi connectivity index (χ3v) is 4.36. The highest BCUT2D eigenvalue weighted by molar-refractivity contribution is 6.30. The van der Waals surface area contributed by atoms with Crippen LogP contribution in [0.25, 0.3) is 0 Å². The molecule has 1 saturated heterocycles. The lowest BCUT2D eigenvalue weighted by atomic mass is 10.1. The van der Waals surface area contributed by atoms with Crippen LogP contribution in [0, 0.1) is 0 Å². The molecule has 126 valence electrons. The molecule has 0 radical (unpaired) electrons. The fourth-order valence-corrected chi connectivity index (χ4v) is 3.05. The second-order valence-electron chi connectivity index (χ2n) is 6.13. The summed E-state index contributed by atoms with van der Waals surface area (Å²) < 4.78 is 5.81. The number of hydrogen-bond acceptors (Lipinski definition) is 3. The van der Waals surface area contributed by atoms with E-state index in [1.165, 1.54) is 0 Å². The lowest BCUT2D eigenvalue weighted by Gasteiger charge is -2.16. The Bertz CT molecular complexity index is 720. The molecule has 3 rings (SSSR count). The Morgan fingerprint density at radius 2 is 2.00 bits per heavy atom. The Balaban J connectivity index is 1.58. The Morgan fingerprint density at radius 1 is 1.21 bits per heavy atom. The van der Waals surface area contributed by atoms with Crippen molar-refractivity contribution < 1.29 is 9.53 Å². The van der Waals surface area contributed by atoms with E-state index in [1.54, 1.807) is 0 Å². The minimum absolute atomic E-state index is 0.112. The summed E-state index contributed by atoms with van der Waals surface area (Å²) in [5.41, 5.74) is 7.82. The van der Waals surface area contributed by atoms with Crippen LogP contribution >= 0.6 is 11.6 Å². The maximum Gasteiger partial charge on any atom is 0.227 e. The second-order valence-corrected chi connectivity index (χ2v) is 6.57. The highest BCUT2D eigenvalue weighted by Gasteiger charge is 2.23.